The molecule has 0 spiro atoms. The predicted molar refractivity (Wildman–Crippen MR) is 72.6 cm³/mol. The molecule has 6 heteroatoms. The molecule has 0 unspecified atom stereocenters. The highest BCUT2D eigenvalue weighted by Gasteiger charge is 2.17. The summed E-state index contributed by atoms with van der Waals surface area (Å²) in [6.07, 6.45) is 3.14. The molecular weight excluding hydrogens is 261 g/mol. The topological polar surface area (TPSA) is 56.2 Å². The van der Waals surface area contributed by atoms with Crippen LogP contribution in [-0.4, -0.2) is 29.3 Å². The Morgan fingerprint density at radius 1 is 1.50 bits per heavy atom. The molecule has 1 aromatic heterocycles. The maximum Gasteiger partial charge on any atom is 0.275 e. The van der Waals surface area contributed by atoms with Gasteiger partial charge in [-0.25, -0.2) is 9.07 Å². The summed E-state index contributed by atoms with van der Waals surface area (Å²) in [6, 6.07) is 5.77. The standard InChI is InChI=1S/C14H14FN3O2/c1-3-8-16-14(19)13-12(20-2)9-18(17-13)11-6-4-10(15)5-7-11/h3-7,9H,1,8H2,2H3,(H,16,19). The van der Waals surface area contributed by atoms with E-state index in [-0.39, 0.29) is 17.4 Å². The van der Waals surface area contributed by atoms with Gasteiger partial charge in [0, 0.05) is 6.54 Å². The second-order valence-electron chi connectivity index (χ2n) is 3.97. The van der Waals surface area contributed by atoms with Crippen molar-refractivity contribution in [1.29, 1.82) is 0 Å². The molecule has 1 aromatic carbocycles. The minimum Gasteiger partial charge on any atom is -0.493 e. The van der Waals surface area contributed by atoms with Gasteiger partial charge >= 0.3 is 0 Å². The van der Waals surface area contributed by atoms with Crippen LogP contribution in [0.3, 0.4) is 0 Å². The van der Waals surface area contributed by atoms with Crippen molar-refractivity contribution < 1.29 is 13.9 Å². The van der Waals surface area contributed by atoms with E-state index in [0.29, 0.717) is 18.0 Å². The Kier molecular flexibility index (Phi) is 4.14. The van der Waals surface area contributed by atoms with Gasteiger partial charge in [0.15, 0.2) is 11.4 Å². The minimum atomic E-state index is -0.359. The molecule has 1 N–H and O–H groups in total. The summed E-state index contributed by atoms with van der Waals surface area (Å²) in [5, 5.41) is 6.78. The fourth-order valence-electron chi connectivity index (χ4n) is 1.64. The zero-order chi connectivity index (χ0) is 14.5. The van der Waals surface area contributed by atoms with E-state index in [9.17, 15) is 9.18 Å². The number of benzene rings is 1. The number of methoxy groups -OCH3 is 1. The smallest absolute Gasteiger partial charge is 0.275 e. The van der Waals surface area contributed by atoms with Crippen LogP contribution in [0.25, 0.3) is 5.69 Å². The van der Waals surface area contributed by atoms with Gasteiger partial charge in [0.25, 0.3) is 5.91 Å². The van der Waals surface area contributed by atoms with E-state index in [2.05, 4.69) is 17.0 Å². The van der Waals surface area contributed by atoms with Crippen LogP contribution < -0.4 is 10.1 Å². The number of amides is 1. The normalized spacial score (nSPS) is 10.1. The van der Waals surface area contributed by atoms with Crippen molar-refractivity contribution in [2.45, 2.75) is 0 Å². The predicted octanol–water partition coefficient (Wildman–Crippen LogP) is 1.94. The highest BCUT2D eigenvalue weighted by molar-refractivity contribution is 5.95. The van der Waals surface area contributed by atoms with Gasteiger partial charge in [-0.05, 0) is 24.3 Å². The summed E-state index contributed by atoms with van der Waals surface area (Å²) in [7, 11) is 1.45. The number of halogens is 1. The Balaban J connectivity index is 2.32. The number of hydrogen-bond acceptors (Lipinski definition) is 3. The van der Waals surface area contributed by atoms with E-state index in [4.69, 9.17) is 4.74 Å². The fraction of sp³-hybridized carbons (Fsp3) is 0.143. The Hall–Kier alpha value is -2.63. The minimum absolute atomic E-state index is 0.165. The van der Waals surface area contributed by atoms with Gasteiger partial charge in [0.05, 0.1) is 19.0 Å². The van der Waals surface area contributed by atoms with Gasteiger partial charge in [0.2, 0.25) is 0 Å². The molecule has 1 heterocycles. The zero-order valence-corrected chi connectivity index (χ0v) is 11.0. The first-order valence-corrected chi connectivity index (χ1v) is 5.94. The van der Waals surface area contributed by atoms with Crippen molar-refractivity contribution in [2.24, 2.45) is 0 Å². The number of hydrogen-bond donors (Lipinski definition) is 1. The molecule has 1 amide bonds. The van der Waals surface area contributed by atoms with Crippen LogP contribution in [-0.2, 0) is 0 Å². The summed E-state index contributed by atoms with van der Waals surface area (Å²) in [4.78, 5) is 11.9. The molecule has 0 aliphatic heterocycles. The molecular formula is C14H14FN3O2. The molecule has 0 aliphatic carbocycles. The SMILES string of the molecule is C=CCNC(=O)c1nn(-c2ccc(F)cc2)cc1OC. The highest BCUT2D eigenvalue weighted by Crippen LogP contribution is 2.19. The van der Waals surface area contributed by atoms with Crippen LogP contribution in [0.2, 0.25) is 0 Å². The Labute approximate surface area is 115 Å². The molecule has 0 fully saturated rings. The van der Waals surface area contributed by atoms with E-state index in [1.54, 1.807) is 24.4 Å². The lowest BCUT2D eigenvalue weighted by atomic mass is 10.3. The molecule has 0 radical (unpaired) electrons. The van der Waals surface area contributed by atoms with Gasteiger partial charge in [-0.2, -0.15) is 5.10 Å². The second kappa shape index (κ2) is 6.01. The number of carbonyl (C=O) groups excluding carboxylic acids is 1. The van der Waals surface area contributed by atoms with Gasteiger partial charge in [-0.3, -0.25) is 4.79 Å². The monoisotopic (exact) mass is 275 g/mol. The summed E-state index contributed by atoms with van der Waals surface area (Å²) < 4.78 is 19.5. The van der Waals surface area contributed by atoms with Crippen molar-refractivity contribution in [3.63, 3.8) is 0 Å². The number of nitrogens with zero attached hydrogens (tertiary/aromatic N) is 2. The molecule has 0 saturated carbocycles. The molecule has 104 valence electrons. The number of nitrogens with one attached hydrogen (secondary N) is 1. The first kappa shape index (κ1) is 13.8. The number of rotatable bonds is 5. The maximum absolute atomic E-state index is 12.9. The van der Waals surface area contributed by atoms with Crippen molar-refractivity contribution in [3.8, 4) is 11.4 Å². The van der Waals surface area contributed by atoms with Gasteiger partial charge < -0.3 is 10.1 Å². The molecule has 0 saturated heterocycles. The first-order chi connectivity index (χ1) is 9.65. The third-order valence-electron chi connectivity index (χ3n) is 2.61. The van der Waals surface area contributed by atoms with Crippen molar-refractivity contribution in [2.75, 3.05) is 13.7 Å². The number of aromatic nitrogens is 2. The third kappa shape index (κ3) is 2.85. The van der Waals surface area contributed by atoms with Gasteiger partial charge in [-0.15, -0.1) is 6.58 Å². The van der Waals surface area contributed by atoms with E-state index in [1.807, 2.05) is 0 Å². The van der Waals surface area contributed by atoms with Gasteiger partial charge in [-0.1, -0.05) is 6.08 Å². The maximum atomic E-state index is 12.9. The van der Waals surface area contributed by atoms with E-state index in [0.717, 1.165) is 0 Å². The van der Waals surface area contributed by atoms with E-state index < -0.39 is 0 Å². The molecule has 0 atom stereocenters. The van der Waals surface area contributed by atoms with Crippen molar-refractivity contribution in [1.82, 2.24) is 15.1 Å². The lowest BCUT2D eigenvalue weighted by molar-refractivity contribution is 0.0949. The van der Waals surface area contributed by atoms with Crippen LogP contribution >= 0.6 is 0 Å². The zero-order valence-electron chi connectivity index (χ0n) is 11.0. The largest absolute Gasteiger partial charge is 0.493 e. The number of ether oxygens (including phenoxy) is 1. The van der Waals surface area contributed by atoms with Crippen LogP contribution in [0.15, 0.2) is 43.1 Å². The van der Waals surface area contributed by atoms with Gasteiger partial charge in [0.1, 0.15) is 5.82 Å². The molecule has 2 rings (SSSR count). The van der Waals surface area contributed by atoms with Crippen molar-refractivity contribution in [3.05, 3.63) is 54.6 Å². The fourth-order valence-corrected chi connectivity index (χ4v) is 1.64. The quantitative estimate of drug-likeness (QED) is 0.848. The molecule has 20 heavy (non-hydrogen) atoms. The third-order valence-corrected chi connectivity index (χ3v) is 2.61. The summed E-state index contributed by atoms with van der Waals surface area (Å²) >= 11 is 0. The van der Waals surface area contributed by atoms with E-state index in [1.165, 1.54) is 23.9 Å². The Bertz CT molecular complexity index is 620. The summed E-state index contributed by atoms with van der Waals surface area (Å²) in [6.45, 7) is 3.86. The second-order valence-corrected chi connectivity index (χ2v) is 3.97. The Morgan fingerprint density at radius 3 is 2.80 bits per heavy atom. The van der Waals surface area contributed by atoms with Crippen LogP contribution in [0, 0.1) is 5.82 Å². The lowest BCUT2D eigenvalue weighted by Crippen LogP contribution is -2.24. The van der Waals surface area contributed by atoms with Crippen LogP contribution in [0.4, 0.5) is 4.39 Å². The summed E-state index contributed by atoms with van der Waals surface area (Å²) in [5.74, 6) is -0.352. The average Bonchev–Trinajstić information content (AvgIpc) is 2.89. The van der Waals surface area contributed by atoms with E-state index >= 15 is 0 Å². The molecule has 0 aliphatic rings. The molecule has 0 bridgehead atoms. The summed E-state index contributed by atoms with van der Waals surface area (Å²) in [5.41, 5.74) is 0.797. The molecule has 2 aromatic rings. The van der Waals surface area contributed by atoms with Crippen molar-refractivity contribution >= 4 is 5.91 Å². The molecule has 5 nitrogen and oxygen atoms in total. The highest BCUT2D eigenvalue weighted by atomic mass is 19.1. The average molecular weight is 275 g/mol. The van der Waals surface area contributed by atoms with Crippen LogP contribution in [0.5, 0.6) is 5.75 Å². The Morgan fingerprint density at radius 2 is 2.20 bits per heavy atom. The number of carbonyl (C=O) groups is 1. The first-order valence-electron chi connectivity index (χ1n) is 5.94. The van der Waals surface area contributed by atoms with Crippen LogP contribution in [0.1, 0.15) is 10.5 Å². The lowest BCUT2D eigenvalue weighted by Gasteiger charge is -2.01.